The van der Waals surface area contributed by atoms with Crippen molar-refractivity contribution in [3.63, 3.8) is 0 Å². The lowest BCUT2D eigenvalue weighted by Gasteiger charge is -2.26. The number of ether oxygens (including phenoxy) is 1. The van der Waals surface area contributed by atoms with Gasteiger partial charge in [0.25, 0.3) is 0 Å². The van der Waals surface area contributed by atoms with E-state index in [1.807, 2.05) is 0 Å². The second kappa shape index (κ2) is 7.25. The molecule has 1 aliphatic heterocycles. The number of carbonyl (C=O) groups excluding carboxylic acids is 2. The van der Waals surface area contributed by atoms with Gasteiger partial charge in [0, 0.05) is 22.6 Å². The topological polar surface area (TPSA) is 93.8 Å². The highest BCUT2D eigenvalue weighted by Crippen LogP contribution is 2.45. The molecule has 1 aliphatic rings. The highest BCUT2D eigenvalue weighted by molar-refractivity contribution is 6.11. The number of carbonyl (C=O) groups is 2. The Kier molecular flexibility index (Phi) is 4.40. The summed E-state index contributed by atoms with van der Waals surface area (Å²) in [6.07, 6.45) is 1.15. The van der Waals surface area contributed by atoms with E-state index in [9.17, 15) is 19.5 Å². The zero-order valence-corrected chi connectivity index (χ0v) is 16.2. The lowest BCUT2D eigenvalue weighted by atomic mass is 9.84. The van der Waals surface area contributed by atoms with E-state index in [2.05, 4.69) is 0 Å². The van der Waals surface area contributed by atoms with Crippen LogP contribution in [0.25, 0.3) is 11.0 Å². The van der Waals surface area contributed by atoms with Crippen LogP contribution in [-0.4, -0.2) is 16.9 Å². The first kappa shape index (κ1) is 18.8. The summed E-state index contributed by atoms with van der Waals surface area (Å²) in [5.74, 6) is -1.90. The van der Waals surface area contributed by atoms with E-state index in [0.29, 0.717) is 16.5 Å². The average Bonchev–Trinajstić information content (AvgIpc) is 2.79. The minimum absolute atomic E-state index is 0.0677. The molecule has 0 unspecified atom stereocenters. The summed E-state index contributed by atoms with van der Waals surface area (Å²) in [7, 11) is 0. The molecular formula is C25H16O6. The molecule has 0 radical (unpaired) electrons. The first-order chi connectivity index (χ1) is 15.0. The van der Waals surface area contributed by atoms with Crippen molar-refractivity contribution in [2.45, 2.75) is 12.3 Å². The van der Waals surface area contributed by atoms with Crippen LogP contribution in [-0.2, 0) is 4.79 Å². The van der Waals surface area contributed by atoms with Gasteiger partial charge < -0.3 is 14.3 Å². The molecule has 0 fully saturated rings. The summed E-state index contributed by atoms with van der Waals surface area (Å²) >= 11 is 0. The van der Waals surface area contributed by atoms with Gasteiger partial charge in [-0.15, -0.1) is 0 Å². The number of fused-ring (bicyclic) bond motifs is 2. The molecule has 0 amide bonds. The summed E-state index contributed by atoms with van der Waals surface area (Å²) in [4.78, 5) is 38.3. The first-order valence-electron chi connectivity index (χ1n) is 9.71. The second-order valence-electron chi connectivity index (χ2n) is 7.32. The highest BCUT2D eigenvalue weighted by Gasteiger charge is 2.35. The standard InChI is InChI=1S/C25H16O6/c26-21-12-17(18-13-30-19-9-5-4-8-15(19)24(18)28)22-20(31-21)11-10-16(25(22)29)23(27)14-6-2-1-3-7-14/h1-11,13,17,29H,12H2/t17-/m0/s1. The normalized spacial score (nSPS) is 15.4. The number of para-hydroxylation sites is 1. The van der Waals surface area contributed by atoms with Gasteiger partial charge in [0.05, 0.1) is 23.6 Å². The molecule has 0 bridgehead atoms. The molecule has 3 aromatic carbocycles. The zero-order valence-electron chi connectivity index (χ0n) is 16.2. The van der Waals surface area contributed by atoms with Crippen LogP contribution in [0.1, 0.15) is 39.4 Å². The van der Waals surface area contributed by atoms with Crippen molar-refractivity contribution in [1.29, 1.82) is 0 Å². The molecule has 6 heteroatoms. The number of phenolic OH excluding ortho intramolecular Hbond substituents is 1. The van der Waals surface area contributed by atoms with E-state index in [4.69, 9.17) is 9.15 Å². The molecule has 31 heavy (non-hydrogen) atoms. The van der Waals surface area contributed by atoms with E-state index in [-0.39, 0.29) is 45.8 Å². The van der Waals surface area contributed by atoms with Crippen molar-refractivity contribution in [2.24, 2.45) is 0 Å². The molecule has 4 aromatic rings. The molecule has 1 N–H and O–H groups in total. The van der Waals surface area contributed by atoms with Crippen molar-refractivity contribution in [3.8, 4) is 11.5 Å². The quantitative estimate of drug-likeness (QED) is 0.308. The summed E-state index contributed by atoms with van der Waals surface area (Å²) in [6.45, 7) is 0. The molecule has 2 heterocycles. The largest absolute Gasteiger partial charge is 0.507 e. The van der Waals surface area contributed by atoms with Gasteiger partial charge in [-0.25, -0.2) is 0 Å². The van der Waals surface area contributed by atoms with E-state index < -0.39 is 11.9 Å². The third-order valence-electron chi connectivity index (χ3n) is 5.48. The number of aromatic hydroxyl groups is 1. The monoisotopic (exact) mass is 412 g/mol. The van der Waals surface area contributed by atoms with E-state index >= 15 is 0 Å². The van der Waals surface area contributed by atoms with Gasteiger partial charge >= 0.3 is 5.97 Å². The Morgan fingerprint density at radius 1 is 0.935 bits per heavy atom. The Morgan fingerprint density at radius 2 is 1.68 bits per heavy atom. The summed E-state index contributed by atoms with van der Waals surface area (Å²) in [5, 5.41) is 11.4. The minimum Gasteiger partial charge on any atom is -0.507 e. The Hall–Kier alpha value is -4.19. The summed E-state index contributed by atoms with van der Waals surface area (Å²) in [6, 6.07) is 18.2. The minimum atomic E-state index is -0.805. The van der Waals surface area contributed by atoms with Crippen molar-refractivity contribution in [1.82, 2.24) is 0 Å². The molecule has 0 saturated heterocycles. The maximum atomic E-state index is 13.1. The van der Waals surface area contributed by atoms with E-state index in [1.54, 1.807) is 54.6 Å². The summed E-state index contributed by atoms with van der Waals surface area (Å²) < 4.78 is 10.9. The fourth-order valence-corrected chi connectivity index (χ4v) is 3.98. The molecule has 0 aliphatic carbocycles. The molecule has 5 rings (SSSR count). The van der Waals surface area contributed by atoms with E-state index in [0.717, 1.165) is 0 Å². The van der Waals surface area contributed by atoms with Crippen molar-refractivity contribution in [3.05, 3.63) is 105 Å². The van der Waals surface area contributed by atoms with Crippen LogP contribution in [0.15, 0.2) is 82.2 Å². The van der Waals surface area contributed by atoms with Crippen molar-refractivity contribution in [2.75, 3.05) is 0 Å². The fourth-order valence-electron chi connectivity index (χ4n) is 3.98. The van der Waals surface area contributed by atoms with Gasteiger partial charge in [0.1, 0.15) is 17.1 Å². The average molecular weight is 412 g/mol. The molecule has 1 aromatic heterocycles. The lowest BCUT2D eigenvalue weighted by Crippen LogP contribution is -2.25. The predicted octanol–water partition coefficient (Wildman–Crippen LogP) is 4.17. The van der Waals surface area contributed by atoms with E-state index in [1.165, 1.54) is 18.4 Å². The lowest BCUT2D eigenvalue weighted by molar-refractivity contribution is -0.135. The second-order valence-corrected chi connectivity index (χ2v) is 7.32. The van der Waals surface area contributed by atoms with Gasteiger partial charge in [-0.1, -0.05) is 42.5 Å². The number of phenols is 1. The third kappa shape index (κ3) is 3.09. The fraction of sp³-hybridized carbons (Fsp3) is 0.0800. The van der Waals surface area contributed by atoms with Crippen LogP contribution < -0.4 is 10.2 Å². The van der Waals surface area contributed by atoms with Crippen LogP contribution >= 0.6 is 0 Å². The van der Waals surface area contributed by atoms with Gasteiger partial charge in [0.2, 0.25) is 0 Å². The maximum absolute atomic E-state index is 13.1. The number of ketones is 1. The van der Waals surface area contributed by atoms with Crippen LogP contribution in [0, 0.1) is 0 Å². The Balaban J connectivity index is 1.69. The molecule has 0 spiro atoms. The number of rotatable bonds is 3. The Bertz CT molecular complexity index is 1400. The van der Waals surface area contributed by atoms with Gasteiger partial charge in [-0.3, -0.25) is 14.4 Å². The highest BCUT2D eigenvalue weighted by atomic mass is 16.5. The third-order valence-corrected chi connectivity index (χ3v) is 5.48. The molecular weight excluding hydrogens is 396 g/mol. The number of benzene rings is 3. The molecule has 1 atom stereocenters. The molecule has 152 valence electrons. The van der Waals surface area contributed by atoms with Crippen molar-refractivity contribution < 1.29 is 23.8 Å². The smallest absolute Gasteiger partial charge is 0.312 e. The molecule has 6 nitrogen and oxygen atoms in total. The SMILES string of the molecule is O=C1C[C@@H](c2coc3ccccc3c2=O)c2c(ccc(C(=O)c3ccccc3)c2O)O1. The Labute approximate surface area is 176 Å². The number of hydrogen-bond acceptors (Lipinski definition) is 6. The Morgan fingerprint density at radius 3 is 2.48 bits per heavy atom. The van der Waals surface area contributed by atoms with Gasteiger partial charge in [0.15, 0.2) is 11.2 Å². The van der Waals surface area contributed by atoms with Gasteiger partial charge in [-0.2, -0.15) is 0 Å². The van der Waals surface area contributed by atoms with Crippen molar-refractivity contribution >= 4 is 22.7 Å². The van der Waals surface area contributed by atoms with Crippen LogP contribution in [0.3, 0.4) is 0 Å². The van der Waals surface area contributed by atoms with Crippen LogP contribution in [0.5, 0.6) is 11.5 Å². The van der Waals surface area contributed by atoms with Crippen LogP contribution in [0.2, 0.25) is 0 Å². The summed E-state index contributed by atoms with van der Waals surface area (Å²) in [5.41, 5.74) is 1.05. The molecule has 0 saturated carbocycles. The predicted molar refractivity (Wildman–Crippen MR) is 113 cm³/mol. The first-order valence-corrected chi connectivity index (χ1v) is 9.71. The maximum Gasteiger partial charge on any atom is 0.312 e. The van der Waals surface area contributed by atoms with Crippen LogP contribution in [0.4, 0.5) is 0 Å². The van der Waals surface area contributed by atoms with Gasteiger partial charge in [-0.05, 0) is 24.3 Å². The number of esters is 1. The zero-order chi connectivity index (χ0) is 21.5. The number of hydrogen-bond donors (Lipinski definition) is 1.